The monoisotopic (exact) mass is 260 g/mol. The van der Waals surface area contributed by atoms with Crippen LogP contribution in [0.5, 0.6) is 0 Å². The first-order chi connectivity index (χ1) is 9.33. The third-order valence-corrected chi connectivity index (χ3v) is 3.45. The molecule has 0 saturated carbocycles. The molecule has 1 saturated heterocycles. The van der Waals surface area contributed by atoms with Gasteiger partial charge >= 0.3 is 0 Å². The lowest BCUT2D eigenvalue weighted by Gasteiger charge is -2.34. The normalized spacial score (nSPS) is 18.0. The lowest BCUT2D eigenvalue weighted by atomic mass is 10.2. The van der Waals surface area contributed by atoms with Crippen molar-refractivity contribution in [2.24, 2.45) is 0 Å². The highest BCUT2D eigenvalue weighted by atomic mass is 15.3. The summed E-state index contributed by atoms with van der Waals surface area (Å²) in [5.74, 6) is 0.812. The molecule has 1 unspecified atom stereocenters. The first-order valence-electron chi connectivity index (χ1n) is 6.64. The van der Waals surface area contributed by atoms with Gasteiger partial charge in [0.05, 0.1) is 12.1 Å². The average Bonchev–Trinajstić information content (AvgIpc) is 2.50. The van der Waals surface area contributed by atoms with Crippen LogP contribution in [-0.2, 0) is 0 Å². The van der Waals surface area contributed by atoms with Crippen molar-refractivity contribution in [2.75, 3.05) is 44.7 Å². The van der Waals surface area contributed by atoms with E-state index >= 15 is 0 Å². The summed E-state index contributed by atoms with van der Waals surface area (Å²) in [6.07, 6.45) is 4.42. The number of nitrogens with zero attached hydrogens (tertiary/aromatic N) is 5. The van der Waals surface area contributed by atoms with Crippen molar-refractivity contribution in [2.45, 2.75) is 12.5 Å². The van der Waals surface area contributed by atoms with Crippen LogP contribution in [0.25, 0.3) is 0 Å². The molecule has 0 bridgehead atoms. The second kappa shape index (κ2) is 7.02. The predicted molar refractivity (Wildman–Crippen MR) is 73.8 cm³/mol. The summed E-state index contributed by atoms with van der Waals surface area (Å²) >= 11 is 0. The Kier molecular flexibility index (Phi) is 5.07. The van der Waals surface area contributed by atoms with E-state index in [1.807, 2.05) is 13.1 Å². The topological polar surface area (TPSA) is 68.1 Å². The molecule has 1 aliphatic heterocycles. The highest BCUT2D eigenvalue weighted by molar-refractivity contribution is 5.29. The minimum absolute atomic E-state index is 0.0458. The van der Waals surface area contributed by atoms with Crippen molar-refractivity contribution < 1.29 is 0 Å². The average molecular weight is 260 g/mol. The standard InChI is InChI=1S/C13H20N6/c1-15-12(11-14)3-6-18-7-9-19(10-8-18)13-16-4-2-5-17-13/h2,4-5,12,15H,3,6-10H2,1H3. The molecule has 0 spiro atoms. The van der Waals surface area contributed by atoms with E-state index in [1.54, 1.807) is 12.4 Å². The molecular weight excluding hydrogens is 240 g/mol. The Morgan fingerprint density at radius 1 is 1.32 bits per heavy atom. The second-order valence-electron chi connectivity index (χ2n) is 4.64. The summed E-state index contributed by atoms with van der Waals surface area (Å²) < 4.78 is 0. The van der Waals surface area contributed by atoms with E-state index in [0.29, 0.717) is 0 Å². The Morgan fingerprint density at radius 3 is 2.58 bits per heavy atom. The minimum Gasteiger partial charge on any atom is -0.338 e. The Bertz CT molecular complexity index is 407. The fourth-order valence-electron chi connectivity index (χ4n) is 2.21. The van der Waals surface area contributed by atoms with Gasteiger partial charge in [0.25, 0.3) is 0 Å². The first kappa shape index (κ1) is 13.7. The van der Waals surface area contributed by atoms with Crippen molar-refractivity contribution in [3.05, 3.63) is 18.5 Å². The summed E-state index contributed by atoms with van der Waals surface area (Å²) in [4.78, 5) is 13.1. The number of nitrogens with one attached hydrogen (secondary N) is 1. The number of anilines is 1. The van der Waals surface area contributed by atoms with E-state index in [-0.39, 0.29) is 6.04 Å². The molecule has 102 valence electrons. The summed E-state index contributed by atoms with van der Waals surface area (Å²) in [7, 11) is 1.83. The Labute approximate surface area is 114 Å². The number of hydrogen-bond donors (Lipinski definition) is 1. The second-order valence-corrected chi connectivity index (χ2v) is 4.64. The maximum atomic E-state index is 8.89. The van der Waals surface area contributed by atoms with Crippen LogP contribution in [0.2, 0.25) is 0 Å². The highest BCUT2D eigenvalue weighted by Crippen LogP contribution is 2.10. The number of nitriles is 1. The molecule has 2 heterocycles. The SMILES string of the molecule is CNC(C#N)CCN1CCN(c2ncccn2)CC1. The van der Waals surface area contributed by atoms with Gasteiger partial charge in [0.15, 0.2) is 0 Å². The molecule has 1 aromatic rings. The van der Waals surface area contributed by atoms with Crippen molar-refractivity contribution in [3.63, 3.8) is 0 Å². The number of piperazine rings is 1. The van der Waals surface area contributed by atoms with E-state index in [0.717, 1.165) is 45.1 Å². The van der Waals surface area contributed by atoms with Crippen LogP contribution < -0.4 is 10.2 Å². The zero-order chi connectivity index (χ0) is 13.5. The van der Waals surface area contributed by atoms with Gasteiger partial charge in [0.1, 0.15) is 0 Å². The summed E-state index contributed by atoms with van der Waals surface area (Å²) in [5.41, 5.74) is 0. The first-order valence-corrected chi connectivity index (χ1v) is 6.64. The fraction of sp³-hybridized carbons (Fsp3) is 0.615. The third-order valence-electron chi connectivity index (χ3n) is 3.45. The van der Waals surface area contributed by atoms with Gasteiger partial charge in [-0.1, -0.05) is 0 Å². The zero-order valence-electron chi connectivity index (χ0n) is 11.3. The van der Waals surface area contributed by atoms with E-state index < -0.39 is 0 Å². The van der Waals surface area contributed by atoms with Gasteiger partial charge in [0, 0.05) is 45.1 Å². The third kappa shape index (κ3) is 3.88. The lowest BCUT2D eigenvalue weighted by molar-refractivity contribution is 0.248. The van der Waals surface area contributed by atoms with Crippen LogP contribution in [0.4, 0.5) is 5.95 Å². The van der Waals surface area contributed by atoms with Crippen LogP contribution in [0.15, 0.2) is 18.5 Å². The maximum absolute atomic E-state index is 8.89. The highest BCUT2D eigenvalue weighted by Gasteiger charge is 2.19. The molecule has 0 aliphatic carbocycles. The summed E-state index contributed by atoms with van der Waals surface area (Å²) in [6, 6.07) is 4.04. The molecule has 19 heavy (non-hydrogen) atoms. The Hall–Kier alpha value is -1.71. The molecule has 6 nitrogen and oxygen atoms in total. The molecule has 0 aromatic carbocycles. The number of rotatable bonds is 5. The van der Waals surface area contributed by atoms with E-state index in [4.69, 9.17) is 5.26 Å². The van der Waals surface area contributed by atoms with Gasteiger partial charge in [-0.15, -0.1) is 0 Å². The lowest BCUT2D eigenvalue weighted by Crippen LogP contribution is -2.47. The van der Waals surface area contributed by atoms with Crippen LogP contribution in [-0.4, -0.2) is 60.7 Å². The van der Waals surface area contributed by atoms with Crippen molar-refractivity contribution in [3.8, 4) is 6.07 Å². The molecule has 1 atom stereocenters. The number of hydrogen-bond acceptors (Lipinski definition) is 6. The van der Waals surface area contributed by atoms with Gasteiger partial charge in [-0.3, -0.25) is 4.90 Å². The van der Waals surface area contributed by atoms with E-state index in [1.165, 1.54) is 0 Å². The van der Waals surface area contributed by atoms with Crippen molar-refractivity contribution >= 4 is 5.95 Å². The van der Waals surface area contributed by atoms with Crippen LogP contribution in [0.1, 0.15) is 6.42 Å². The minimum atomic E-state index is -0.0458. The fourth-order valence-corrected chi connectivity index (χ4v) is 2.21. The number of aromatic nitrogens is 2. The molecule has 1 N–H and O–H groups in total. The molecular formula is C13H20N6. The molecule has 0 radical (unpaired) electrons. The molecule has 1 fully saturated rings. The molecule has 1 aliphatic rings. The van der Waals surface area contributed by atoms with Gasteiger partial charge in [-0.2, -0.15) is 5.26 Å². The zero-order valence-corrected chi connectivity index (χ0v) is 11.3. The maximum Gasteiger partial charge on any atom is 0.225 e. The van der Waals surface area contributed by atoms with E-state index in [9.17, 15) is 0 Å². The van der Waals surface area contributed by atoms with Crippen molar-refractivity contribution in [1.29, 1.82) is 5.26 Å². The Morgan fingerprint density at radius 2 is 2.00 bits per heavy atom. The van der Waals surface area contributed by atoms with Crippen LogP contribution in [0.3, 0.4) is 0 Å². The van der Waals surface area contributed by atoms with Gasteiger partial charge in [-0.25, -0.2) is 9.97 Å². The quantitative estimate of drug-likeness (QED) is 0.810. The van der Waals surface area contributed by atoms with Gasteiger partial charge in [-0.05, 0) is 19.5 Å². The summed E-state index contributed by atoms with van der Waals surface area (Å²) in [6.45, 7) is 4.85. The van der Waals surface area contributed by atoms with Crippen LogP contribution >= 0.6 is 0 Å². The van der Waals surface area contributed by atoms with Crippen LogP contribution in [0, 0.1) is 11.3 Å². The molecule has 6 heteroatoms. The smallest absolute Gasteiger partial charge is 0.225 e. The molecule has 1 aromatic heterocycles. The predicted octanol–water partition coefficient (Wildman–Crippen LogP) is 0.100. The molecule has 0 amide bonds. The molecule has 2 rings (SSSR count). The van der Waals surface area contributed by atoms with E-state index in [2.05, 4.69) is 31.2 Å². The summed E-state index contributed by atoms with van der Waals surface area (Å²) in [5, 5.41) is 11.9. The van der Waals surface area contributed by atoms with Gasteiger partial charge in [0.2, 0.25) is 5.95 Å². The Balaban J connectivity index is 1.75. The van der Waals surface area contributed by atoms with Crippen molar-refractivity contribution in [1.82, 2.24) is 20.2 Å². The van der Waals surface area contributed by atoms with Gasteiger partial charge < -0.3 is 10.2 Å². The largest absolute Gasteiger partial charge is 0.338 e.